The molecule has 7 atom stereocenters. The van der Waals surface area contributed by atoms with Gasteiger partial charge >= 0.3 is 0 Å². The van der Waals surface area contributed by atoms with Gasteiger partial charge in [0.25, 0.3) is 0 Å². The monoisotopic (exact) mass is 344 g/mol. The van der Waals surface area contributed by atoms with Gasteiger partial charge in [-0.2, -0.15) is 0 Å². The molecule has 4 aliphatic carbocycles. The van der Waals surface area contributed by atoms with Crippen molar-refractivity contribution in [3.63, 3.8) is 0 Å². The molecule has 4 heteroatoms. The summed E-state index contributed by atoms with van der Waals surface area (Å²) in [7, 11) is 0. The number of carbonyl (C=O) groups excluding carboxylic acids is 2. The summed E-state index contributed by atoms with van der Waals surface area (Å²) in [6, 6.07) is 0. The number of carbonyl (C=O) groups is 2. The largest absolute Gasteiger partial charge is 0.393 e. The molecule has 4 rings (SSSR count). The van der Waals surface area contributed by atoms with E-state index in [1.165, 1.54) is 0 Å². The standard InChI is InChI=1S/C21H28O4/c1-19-9-12(11-22)16(23)8-13(19)4-5-14-15-6-7-21(3,25)20(15,2)10-17(24)18(14)19/h8-9,11,14-15,17-18,24-25H,4-7,10H2,1-3H3/t14-,15-,17+,18+,19+,20+,21+/m1/s1. The van der Waals surface area contributed by atoms with Crippen LogP contribution in [0.25, 0.3) is 0 Å². The van der Waals surface area contributed by atoms with Crippen LogP contribution in [0.3, 0.4) is 0 Å². The van der Waals surface area contributed by atoms with Crippen molar-refractivity contribution in [1.29, 1.82) is 0 Å². The van der Waals surface area contributed by atoms with Crippen LogP contribution in [0.1, 0.15) is 52.9 Å². The molecule has 0 spiro atoms. The normalized spacial score (nSPS) is 51.8. The predicted molar refractivity (Wildman–Crippen MR) is 93.6 cm³/mol. The first-order valence-electron chi connectivity index (χ1n) is 9.48. The van der Waals surface area contributed by atoms with E-state index in [-0.39, 0.29) is 22.7 Å². The molecule has 0 amide bonds. The van der Waals surface area contributed by atoms with Crippen LogP contribution in [0, 0.1) is 28.6 Å². The van der Waals surface area contributed by atoms with Crippen LogP contribution >= 0.6 is 0 Å². The summed E-state index contributed by atoms with van der Waals surface area (Å²) >= 11 is 0. The Hall–Kier alpha value is -1.26. The van der Waals surface area contributed by atoms with Gasteiger partial charge in [-0.3, -0.25) is 9.59 Å². The second-order valence-corrected chi connectivity index (χ2v) is 9.37. The number of hydrogen-bond acceptors (Lipinski definition) is 4. The third kappa shape index (κ3) is 2.07. The maximum atomic E-state index is 12.1. The molecule has 0 bridgehead atoms. The molecule has 0 aromatic heterocycles. The third-order valence-corrected chi connectivity index (χ3v) is 8.32. The van der Waals surface area contributed by atoms with Crippen molar-refractivity contribution in [2.75, 3.05) is 0 Å². The molecule has 3 saturated carbocycles. The maximum Gasteiger partial charge on any atom is 0.188 e. The molecule has 0 unspecified atom stereocenters. The van der Waals surface area contributed by atoms with E-state index in [1.807, 2.05) is 13.0 Å². The number of rotatable bonds is 1. The summed E-state index contributed by atoms with van der Waals surface area (Å²) in [6.07, 6.45) is 7.65. The van der Waals surface area contributed by atoms with Gasteiger partial charge in [0.1, 0.15) is 0 Å². The predicted octanol–water partition coefficient (Wildman–Crippen LogP) is 2.59. The van der Waals surface area contributed by atoms with E-state index in [4.69, 9.17) is 0 Å². The van der Waals surface area contributed by atoms with E-state index < -0.39 is 17.1 Å². The zero-order valence-electron chi connectivity index (χ0n) is 15.3. The van der Waals surface area contributed by atoms with Crippen LogP contribution < -0.4 is 0 Å². The van der Waals surface area contributed by atoms with Gasteiger partial charge in [-0.05, 0) is 56.9 Å². The van der Waals surface area contributed by atoms with Gasteiger partial charge in [0.15, 0.2) is 12.1 Å². The molecule has 4 aliphatic rings. The quantitative estimate of drug-likeness (QED) is 0.566. The van der Waals surface area contributed by atoms with Crippen LogP contribution in [-0.4, -0.2) is 34.0 Å². The molecule has 3 fully saturated rings. The molecule has 0 saturated heterocycles. The minimum absolute atomic E-state index is 0.00234. The Morgan fingerprint density at radius 2 is 1.96 bits per heavy atom. The number of allylic oxidation sites excluding steroid dienone is 4. The van der Waals surface area contributed by atoms with Crippen LogP contribution in [0.15, 0.2) is 23.3 Å². The Kier molecular flexibility index (Phi) is 3.53. The summed E-state index contributed by atoms with van der Waals surface area (Å²) < 4.78 is 0. The highest BCUT2D eigenvalue weighted by Gasteiger charge is 2.64. The lowest BCUT2D eigenvalue weighted by atomic mass is 9.46. The summed E-state index contributed by atoms with van der Waals surface area (Å²) in [5.41, 5.74) is -0.190. The summed E-state index contributed by atoms with van der Waals surface area (Å²) in [4.78, 5) is 23.4. The van der Waals surface area contributed by atoms with Crippen molar-refractivity contribution >= 4 is 12.1 Å². The first kappa shape index (κ1) is 17.2. The molecule has 0 aliphatic heterocycles. The fourth-order valence-corrected chi connectivity index (χ4v) is 6.77. The fraction of sp³-hybridized carbons (Fsp3) is 0.714. The topological polar surface area (TPSA) is 74.6 Å². The van der Waals surface area contributed by atoms with Crippen LogP contribution in [0.5, 0.6) is 0 Å². The highest BCUT2D eigenvalue weighted by atomic mass is 16.3. The van der Waals surface area contributed by atoms with Crippen molar-refractivity contribution < 1.29 is 19.8 Å². The average molecular weight is 344 g/mol. The minimum Gasteiger partial charge on any atom is -0.393 e. The summed E-state index contributed by atoms with van der Waals surface area (Å²) in [6.45, 7) is 6.12. The Morgan fingerprint density at radius 1 is 1.24 bits per heavy atom. The summed E-state index contributed by atoms with van der Waals surface area (Å²) in [5.74, 6) is 0.476. The molecule has 4 nitrogen and oxygen atoms in total. The van der Waals surface area contributed by atoms with E-state index in [2.05, 4.69) is 13.8 Å². The average Bonchev–Trinajstić information content (AvgIpc) is 2.76. The smallest absolute Gasteiger partial charge is 0.188 e. The molecule has 0 radical (unpaired) electrons. The van der Waals surface area contributed by atoms with E-state index in [1.54, 1.807) is 6.08 Å². The Balaban J connectivity index is 1.79. The van der Waals surface area contributed by atoms with E-state index in [0.29, 0.717) is 24.5 Å². The Morgan fingerprint density at radius 3 is 2.64 bits per heavy atom. The molecule has 0 aromatic rings. The fourth-order valence-electron chi connectivity index (χ4n) is 6.77. The number of ketones is 1. The van der Waals surface area contributed by atoms with Gasteiger partial charge in [-0.25, -0.2) is 0 Å². The van der Waals surface area contributed by atoms with Gasteiger partial charge in [-0.15, -0.1) is 0 Å². The van der Waals surface area contributed by atoms with Gasteiger partial charge in [0, 0.05) is 16.7 Å². The van der Waals surface area contributed by atoms with Crippen molar-refractivity contribution in [3.05, 3.63) is 23.3 Å². The second-order valence-electron chi connectivity index (χ2n) is 9.37. The SMILES string of the molecule is C[C@]12C=C(C=O)C(=O)C=C1CC[C@H]1[C@H]2[C@@H](O)C[C@@]2(C)[C@@H]1CC[C@]2(C)O. The van der Waals surface area contributed by atoms with Crippen molar-refractivity contribution in [2.45, 2.75) is 64.6 Å². The number of fused-ring (bicyclic) bond motifs is 5. The number of aliphatic hydroxyl groups is 2. The Bertz CT molecular complexity index is 703. The maximum absolute atomic E-state index is 12.1. The summed E-state index contributed by atoms with van der Waals surface area (Å²) in [5, 5.41) is 22.1. The van der Waals surface area contributed by atoms with Crippen LogP contribution in [-0.2, 0) is 9.59 Å². The van der Waals surface area contributed by atoms with E-state index in [0.717, 1.165) is 31.3 Å². The molecule has 0 heterocycles. The van der Waals surface area contributed by atoms with Crippen LogP contribution in [0.2, 0.25) is 0 Å². The number of aldehydes is 1. The zero-order chi connectivity index (χ0) is 18.2. The van der Waals surface area contributed by atoms with Gasteiger partial charge < -0.3 is 10.2 Å². The van der Waals surface area contributed by atoms with E-state index >= 15 is 0 Å². The lowest BCUT2D eigenvalue weighted by Gasteiger charge is -2.59. The highest BCUT2D eigenvalue weighted by Crippen LogP contribution is 2.66. The molecule has 0 aromatic carbocycles. The first-order chi connectivity index (χ1) is 11.6. The van der Waals surface area contributed by atoms with Crippen molar-refractivity contribution in [2.24, 2.45) is 28.6 Å². The van der Waals surface area contributed by atoms with E-state index in [9.17, 15) is 19.8 Å². The second kappa shape index (κ2) is 5.14. The molecule has 25 heavy (non-hydrogen) atoms. The first-order valence-corrected chi connectivity index (χ1v) is 9.48. The zero-order valence-corrected chi connectivity index (χ0v) is 15.3. The lowest BCUT2D eigenvalue weighted by molar-refractivity contribution is -0.158. The molecule has 136 valence electrons. The number of hydrogen-bond donors (Lipinski definition) is 2. The van der Waals surface area contributed by atoms with Gasteiger partial charge in [-0.1, -0.05) is 25.5 Å². The van der Waals surface area contributed by atoms with Gasteiger partial charge in [0.2, 0.25) is 0 Å². The lowest BCUT2D eigenvalue weighted by Crippen LogP contribution is -2.58. The molecular weight excluding hydrogens is 316 g/mol. The van der Waals surface area contributed by atoms with Crippen molar-refractivity contribution in [1.82, 2.24) is 0 Å². The molecule has 2 N–H and O–H groups in total. The highest BCUT2D eigenvalue weighted by molar-refractivity contribution is 6.18. The minimum atomic E-state index is -0.743. The van der Waals surface area contributed by atoms with Gasteiger partial charge in [0.05, 0.1) is 17.3 Å². The van der Waals surface area contributed by atoms with Crippen molar-refractivity contribution in [3.8, 4) is 0 Å². The third-order valence-electron chi connectivity index (χ3n) is 8.32. The molecular formula is C21H28O4. The van der Waals surface area contributed by atoms with Crippen LogP contribution in [0.4, 0.5) is 0 Å². The number of aliphatic hydroxyl groups excluding tert-OH is 1. The Labute approximate surface area is 149 Å².